The number of nitrogens with zero attached hydrogens (tertiary/aromatic N) is 4. The van der Waals surface area contributed by atoms with Gasteiger partial charge in [-0.3, -0.25) is 0 Å². The zero-order chi connectivity index (χ0) is 37.5. The summed E-state index contributed by atoms with van der Waals surface area (Å²) in [6, 6.07) is 62.5. The van der Waals surface area contributed by atoms with Crippen molar-refractivity contribution in [1.29, 1.82) is 0 Å². The van der Waals surface area contributed by atoms with Crippen LogP contribution >= 0.6 is 0 Å². The van der Waals surface area contributed by atoms with E-state index in [9.17, 15) is 0 Å². The van der Waals surface area contributed by atoms with E-state index in [1.807, 2.05) is 78.9 Å². The predicted molar refractivity (Wildman–Crippen MR) is 230 cm³/mol. The van der Waals surface area contributed by atoms with Crippen LogP contribution in [0.4, 0.5) is 0 Å². The van der Waals surface area contributed by atoms with Crippen LogP contribution in [-0.4, -0.2) is 19.5 Å². The molecule has 0 bridgehead atoms. The van der Waals surface area contributed by atoms with Crippen LogP contribution < -0.4 is 0 Å². The van der Waals surface area contributed by atoms with Crippen LogP contribution in [0.15, 0.2) is 191 Å². The third kappa shape index (κ3) is 4.94. The highest BCUT2D eigenvalue weighted by atomic mass is 16.3. The summed E-state index contributed by atoms with van der Waals surface area (Å²) < 4.78 is 15.7. The topological polar surface area (TPSA) is 69.9 Å². The number of rotatable bonds is 5. The first-order valence-corrected chi connectivity index (χ1v) is 19.0. The Hall–Kier alpha value is -7.83. The molecule has 57 heavy (non-hydrogen) atoms. The molecule has 0 radical (unpaired) electrons. The van der Waals surface area contributed by atoms with Crippen LogP contribution in [-0.2, 0) is 0 Å². The first kappa shape index (κ1) is 31.5. The summed E-state index contributed by atoms with van der Waals surface area (Å²) in [7, 11) is 0. The molecule has 0 aliphatic heterocycles. The Morgan fingerprint density at radius 2 is 0.965 bits per heavy atom. The molecule has 6 heteroatoms. The van der Waals surface area contributed by atoms with Crippen molar-refractivity contribution in [2.24, 2.45) is 0 Å². The SMILES string of the molecule is c1ccc(-c2cc(-c3nc(-c4ccccc4)nc(-c4ccccc4)n3)c3c(c2)oc2cc(-n4c5ccccc5c5c6oc7ccccc7c6ccc54)ccc23)cc1. The molecule has 0 aliphatic rings. The van der Waals surface area contributed by atoms with E-state index in [1.54, 1.807) is 0 Å². The van der Waals surface area contributed by atoms with Crippen molar-refractivity contribution in [2.45, 2.75) is 0 Å². The van der Waals surface area contributed by atoms with Gasteiger partial charge in [0.25, 0.3) is 0 Å². The lowest BCUT2D eigenvalue weighted by Gasteiger charge is -2.11. The number of hydrogen-bond donors (Lipinski definition) is 0. The Kier molecular flexibility index (Phi) is 6.83. The molecule has 0 saturated heterocycles. The third-order valence-electron chi connectivity index (χ3n) is 11.0. The zero-order valence-electron chi connectivity index (χ0n) is 30.4. The molecule has 0 aliphatic carbocycles. The highest BCUT2D eigenvalue weighted by Gasteiger charge is 2.22. The molecule has 6 nitrogen and oxygen atoms in total. The van der Waals surface area contributed by atoms with Crippen LogP contribution in [0.3, 0.4) is 0 Å². The van der Waals surface area contributed by atoms with Gasteiger partial charge in [0.2, 0.25) is 0 Å². The number of fused-ring (bicyclic) bond motifs is 10. The molecule has 0 unspecified atom stereocenters. The standard InChI is InChI=1S/C51H30N4O2/c1-4-14-31(15-5-1)34-28-40(51-53-49(32-16-6-2-7-17-32)52-50(54-51)33-18-8-3-9-19-33)46-39-25-24-35(30-44(39)56-45(46)29-34)55-41-22-12-10-21-38(41)47-42(55)27-26-37-36-20-11-13-23-43(36)57-48(37)47/h1-30H. The molecule has 0 atom stereocenters. The van der Waals surface area contributed by atoms with Crippen molar-refractivity contribution >= 4 is 65.7 Å². The quantitative estimate of drug-likeness (QED) is 0.176. The molecular formula is C51H30N4O2. The number of benzene rings is 8. The molecule has 4 heterocycles. The van der Waals surface area contributed by atoms with Crippen molar-refractivity contribution in [3.8, 4) is 51.0 Å². The van der Waals surface area contributed by atoms with Crippen molar-refractivity contribution < 1.29 is 8.83 Å². The maximum atomic E-state index is 6.88. The largest absolute Gasteiger partial charge is 0.456 e. The van der Waals surface area contributed by atoms with Gasteiger partial charge in [0.15, 0.2) is 17.5 Å². The fourth-order valence-corrected chi connectivity index (χ4v) is 8.45. The molecule has 12 aromatic rings. The van der Waals surface area contributed by atoms with Gasteiger partial charge in [-0.05, 0) is 59.7 Å². The predicted octanol–water partition coefficient (Wildman–Crippen LogP) is 13.4. The normalized spacial score (nSPS) is 11.9. The minimum Gasteiger partial charge on any atom is -0.456 e. The van der Waals surface area contributed by atoms with Crippen LogP contribution in [0.2, 0.25) is 0 Å². The van der Waals surface area contributed by atoms with Crippen LogP contribution in [0.5, 0.6) is 0 Å². The summed E-state index contributed by atoms with van der Waals surface area (Å²) in [6.45, 7) is 0. The average molecular weight is 731 g/mol. The molecule has 0 spiro atoms. The Balaban J connectivity index is 1.12. The van der Waals surface area contributed by atoms with E-state index in [-0.39, 0.29) is 0 Å². The van der Waals surface area contributed by atoms with Crippen LogP contribution in [0.1, 0.15) is 0 Å². The van der Waals surface area contributed by atoms with E-state index in [0.29, 0.717) is 17.5 Å². The van der Waals surface area contributed by atoms with Gasteiger partial charge in [-0.1, -0.05) is 127 Å². The number of aromatic nitrogens is 4. The van der Waals surface area contributed by atoms with E-state index in [2.05, 4.69) is 108 Å². The minimum atomic E-state index is 0.578. The lowest BCUT2D eigenvalue weighted by molar-refractivity contribution is 0.669. The van der Waals surface area contributed by atoms with E-state index in [1.165, 1.54) is 0 Å². The number of furan rings is 2. The van der Waals surface area contributed by atoms with Gasteiger partial charge in [-0.2, -0.15) is 0 Å². The lowest BCUT2D eigenvalue weighted by Crippen LogP contribution is -2.00. The summed E-state index contributed by atoms with van der Waals surface area (Å²) in [5.74, 6) is 1.80. The van der Waals surface area contributed by atoms with Crippen molar-refractivity contribution in [3.63, 3.8) is 0 Å². The Morgan fingerprint density at radius 3 is 1.70 bits per heavy atom. The third-order valence-corrected chi connectivity index (χ3v) is 11.0. The van der Waals surface area contributed by atoms with Gasteiger partial charge in [0.1, 0.15) is 22.3 Å². The first-order valence-electron chi connectivity index (χ1n) is 19.0. The number of hydrogen-bond acceptors (Lipinski definition) is 5. The Labute approximate surface area is 325 Å². The van der Waals surface area contributed by atoms with Crippen molar-refractivity contribution in [2.75, 3.05) is 0 Å². The van der Waals surface area contributed by atoms with Crippen molar-refractivity contribution in [1.82, 2.24) is 19.5 Å². The highest BCUT2D eigenvalue weighted by Crippen LogP contribution is 2.43. The van der Waals surface area contributed by atoms with Crippen molar-refractivity contribution in [3.05, 3.63) is 182 Å². The minimum absolute atomic E-state index is 0.578. The molecule has 12 rings (SSSR count). The summed E-state index contributed by atoms with van der Waals surface area (Å²) >= 11 is 0. The maximum Gasteiger partial charge on any atom is 0.164 e. The second-order valence-corrected chi connectivity index (χ2v) is 14.4. The van der Waals surface area contributed by atoms with E-state index < -0.39 is 0 Å². The summed E-state index contributed by atoms with van der Waals surface area (Å²) in [5, 5.41) is 6.38. The van der Waals surface area contributed by atoms with E-state index >= 15 is 0 Å². The molecule has 266 valence electrons. The summed E-state index contributed by atoms with van der Waals surface area (Å²) in [4.78, 5) is 15.3. The molecular weight excluding hydrogens is 701 g/mol. The maximum absolute atomic E-state index is 6.88. The number of para-hydroxylation sites is 2. The van der Waals surface area contributed by atoms with E-state index in [4.69, 9.17) is 23.8 Å². The van der Waals surface area contributed by atoms with Gasteiger partial charge < -0.3 is 13.4 Å². The average Bonchev–Trinajstić information content (AvgIpc) is 3.96. The fourth-order valence-electron chi connectivity index (χ4n) is 8.45. The van der Waals surface area contributed by atoms with Gasteiger partial charge >= 0.3 is 0 Å². The summed E-state index contributed by atoms with van der Waals surface area (Å²) in [5.41, 5.74) is 11.3. The van der Waals surface area contributed by atoms with Gasteiger partial charge in [-0.15, -0.1) is 0 Å². The fraction of sp³-hybridized carbons (Fsp3) is 0. The molecule has 0 fully saturated rings. The smallest absolute Gasteiger partial charge is 0.164 e. The highest BCUT2D eigenvalue weighted by molar-refractivity contribution is 6.24. The van der Waals surface area contributed by atoms with Crippen LogP contribution in [0, 0.1) is 0 Å². The van der Waals surface area contributed by atoms with Gasteiger partial charge in [0.05, 0.1) is 16.4 Å². The summed E-state index contributed by atoms with van der Waals surface area (Å²) in [6.07, 6.45) is 0. The molecule has 0 amide bonds. The molecule has 0 N–H and O–H groups in total. The van der Waals surface area contributed by atoms with Gasteiger partial charge in [0, 0.05) is 55.4 Å². The molecule has 0 saturated carbocycles. The molecule has 8 aromatic carbocycles. The monoisotopic (exact) mass is 730 g/mol. The first-order chi connectivity index (χ1) is 28.2. The van der Waals surface area contributed by atoms with Gasteiger partial charge in [-0.25, -0.2) is 15.0 Å². The second-order valence-electron chi connectivity index (χ2n) is 14.4. The molecule has 4 aromatic heterocycles. The Bertz CT molecular complexity index is 3450. The van der Waals surface area contributed by atoms with Crippen LogP contribution in [0.25, 0.3) is 117 Å². The second kappa shape index (κ2) is 12.3. The Morgan fingerprint density at radius 1 is 0.351 bits per heavy atom. The lowest BCUT2D eigenvalue weighted by atomic mass is 9.98. The van der Waals surface area contributed by atoms with E-state index in [0.717, 1.165) is 99.2 Å². The zero-order valence-corrected chi connectivity index (χ0v) is 30.4.